The van der Waals surface area contributed by atoms with E-state index in [1.54, 1.807) is 11.3 Å². The van der Waals surface area contributed by atoms with Crippen LogP contribution in [0.2, 0.25) is 5.02 Å². The highest BCUT2D eigenvalue weighted by atomic mass is 35.5. The summed E-state index contributed by atoms with van der Waals surface area (Å²) in [6.07, 6.45) is 0. The maximum atomic E-state index is 6.18. The number of hydrogen-bond donors (Lipinski definition) is 0. The van der Waals surface area contributed by atoms with Crippen molar-refractivity contribution in [3.05, 3.63) is 99.0 Å². The van der Waals surface area contributed by atoms with Gasteiger partial charge >= 0.3 is 0 Å². The largest absolute Gasteiger partial charge is 0.297 e. The molecule has 0 bridgehead atoms. The van der Waals surface area contributed by atoms with E-state index < -0.39 is 0 Å². The minimum absolute atomic E-state index is 0.0129. The third-order valence-electron chi connectivity index (χ3n) is 5.90. The van der Waals surface area contributed by atoms with E-state index in [4.69, 9.17) is 11.6 Å². The SMILES string of the molecule is Clc1ccc(C(c2nnnn2Cc2cccs2)N2CCN(Cc3ccccc3)CC2)cc1. The molecule has 6 nitrogen and oxygen atoms in total. The van der Waals surface area contributed by atoms with Gasteiger partial charge in [-0.1, -0.05) is 60.1 Å². The molecule has 2 aromatic heterocycles. The first kappa shape index (κ1) is 21.3. The Labute approximate surface area is 197 Å². The van der Waals surface area contributed by atoms with Crippen molar-refractivity contribution in [3.8, 4) is 0 Å². The number of piperazine rings is 1. The van der Waals surface area contributed by atoms with Gasteiger partial charge in [0.15, 0.2) is 5.82 Å². The molecule has 2 aromatic carbocycles. The second kappa shape index (κ2) is 9.92. The smallest absolute Gasteiger partial charge is 0.173 e. The molecule has 8 heteroatoms. The van der Waals surface area contributed by atoms with E-state index in [2.05, 4.69) is 85.3 Å². The van der Waals surface area contributed by atoms with Crippen molar-refractivity contribution in [1.29, 1.82) is 0 Å². The Kier molecular flexibility index (Phi) is 6.59. The average molecular weight is 465 g/mol. The fraction of sp³-hybridized carbons (Fsp3) is 0.292. The number of aromatic nitrogens is 4. The zero-order valence-corrected chi connectivity index (χ0v) is 19.3. The van der Waals surface area contributed by atoms with Gasteiger partial charge in [-0.15, -0.1) is 16.4 Å². The van der Waals surface area contributed by atoms with Crippen molar-refractivity contribution >= 4 is 22.9 Å². The summed E-state index contributed by atoms with van der Waals surface area (Å²) in [6, 6.07) is 22.9. The predicted octanol–water partition coefficient (Wildman–Crippen LogP) is 4.34. The van der Waals surface area contributed by atoms with Gasteiger partial charge in [-0.2, -0.15) is 0 Å². The summed E-state index contributed by atoms with van der Waals surface area (Å²) >= 11 is 7.91. The van der Waals surface area contributed by atoms with Gasteiger partial charge in [0.05, 0.1) is 12.6 Å². The minimum atomic E-state index is -0.0129. The first-order chi connectivity index (χ1) is 15.8. The van der Waals surface area contributed by atoms with Crippen molar-refractivity contribution < 1.29 is 0 Å². The Bertz CT molecular complexity index is 1110. The molecule has 3 heterocycles. The summed E-state index contributed by atoms with van der Waals surface area (Å²) in [7, 11) is 0. The van der Waals surface area contributed by atoms with Crippen molar-refractivity contribution in [3.63, 3.8) is 0 Å². The summed E-state index contributed by atoms with van der Waals surface area (Å²) in [6.45, 7) is 5.57. The van der Waals surface area contributed by atoms with E-state index in [9.17, 15) is 0 Å². The lowest BCUT2D eigenvalue weighted by Crippen LogP contribution is -2.47. The maximum Gasteiger partial charge on any atom is 0.173 e. The monoisotopic (exact) mass is 464 g/mol. The van der Waals surface area contributed by atoms with E-state index in [1.807, 2.05) is 16.8 Å². The van der Waals surface area contributed by atoms with Crippen LogP contribution in [-0.2, 0) is 13.1 Å². The molecule has 5 rings (SSSR count). The molecule has 0 aliphatic carbocycles. The molecule has 1 unspecified atom stereocenters. The predicted molar refractivity (Wildman–Crippen MR) is 128 cm³/mol. The highest BCUT2D eigenvalue weighted by Gasteiger charge is 2.30. The zero-order valence-electron chi connectivity index (χ0n) is 17.7. The standard InChI is InChI=1S/C24H25ClN6S/c25-21-10-8-20(9-11-21)23(24-26-27-28-31(24)18-22-7-4-16-32-22)30-14-12-29(13-15-30)17-19-5-2-1-3-6-19/h1-11,16,23H,12-15,17-18H2. The van der Waals surface area contributed by atoms with Crippen LogP contribution in [0.25, 0.3) is 0 Å². The van der Waals surface area contributed by atoms with Gasteiger partial charge in [0.1, 0.15) is 0 Å². The highest BCUT2D eigenvalue weighted by molar-refractivity contribution is 7.09. The minimum Gasteiger partial charge on any atom is -0.297 e. The van der Waals surface area contributed by atoms with Crippen LogP contribution in [0.5, 0.6) is 0 Å². The molecule has 0 spiro atoms. The number of benzene rings is 2. The molecule has 0 saturated carbocycles. The molecule has 1 aliphatic heterocycles. The Morgan fingerprint density at radius 2 is 1.66 bits per heavy atom. The third-order valence-corrected chi connectivity index (χ3v) is 7.01. The van der Waals surface area contributed by atoms with Gasteiger partial charge in [0, 0.05) is 42.6 Å². The second-order valence-electron chi connectivity index (χ2n) is 8.03. The fourth-order valence-corrected chi connectivity index (χ4v) is 5.07. The highest BCUT2D eigenvalue weighted by Crippen LogP contribution is 2.30. The van der Waals surface area contributed by atoms with Crippen molar-refractivity contribution in [2.45, 2.75) is 19.1 Å². The van der Waals surface area contributed by atoms with Gasteiger partial charge in [0.25, 0.3) is 0 Å². The van der Waals surface area contributed by atoms with Crippen LogP contribution in [0.1, 0.15) is 27.9 Å². The number of thiophene rings is 1. The lowest BCUT2D eigenvalue weighted by Gasteiger charge is -2.39. The summed E-state index contributed by atoms with van der Waals surface area (Å²) in [5.74, 6) is 0.872. The second-order valence-corrected chi connectivity index (χ2v) is 9.49. The normalized spacial score (nSPS) is 16.3. The van der Waals surface area contributed by atoms with Crippen molar-refractivity contribution in [2.24, 2.45) is 0 Å². The fourth-order valence-electron chi connectivity index (χ4n) is 4.26. The average Bonchev–Trinajstić information content (AvgIpc) is 3.50. The molecule has 0 radical (unpaired) electrons. The van der Waals surface area contributed by atoms with Crippen LogP contribution in [-0.4, -0.2) is 56.2 Å². The van der Waals surface area contributed by atoms with Crippen LogP contribution in [0.4, 0.5) is 0 Å². The number of halogens is 1. The van der Waals surface area contributed by atoms with Gasteiger partial charge in [-0.05, 0) is 45.1 Å². The van der Waals surface area contributed by atoms with Crippen LogP contribution in [0.15, 0.2) is 72.1 Å². The quantitative estimate of drug-likeness (QED) is 0.407. The van der Waals surface area contributed by atoms with Gasteiger partial charge < -0.3 is 0 Å². The van der Waals surface area contributed by atoms with E-state index in [0.717, 1.165) is 49.1 Å². The molecule has 164 valence electrons. The Morgan fingerprint density at radius 1 is 0.875 bits per heavy atom. The molecule has 32 heavy (non-hydrogen) atoms. The Morgan fingerprint density at radius 3 is 2.38 bits per heavy atom. The van der Waals surface area contributed by atoms with Crippen LogP contribution < -0.4 is 0 Å². The van der Waals surface area contributed by atoms with Crippen molar-refractivity contribution in [1.82, 2.24) is 30.0 Å². The molecule has 1 aliphatic rings. The molecule has 1 saturated heterocycles. The maximum absolute atomic E-state index is 6.18. The summed E-state index contributed by atoms with van der Waals surface area (Å²) in [5, 5.41) is 15.7. The number of nitrogens with zero attached hydrogens (tertiary/aromatic N) is 6. The van der Waals surface area contributed by atoms with E-state index in [1.165, 1.54) is 10.4 Å². The molecule has 0 amide bonds. The first-order valence-corrected chi connectivity index (χ1v) is 12.1. The summed E-state index contributed by atoms with van der Waals surface area (Å²) < 4.78 is 1.93. The third kappa shape index (κ3) is 4.91. The van der Waals surface area contributed by atoms with Crippen LogP contribution in [0, 0.1) is 0 Å². The molecular weight excluding hydrogens is 440 g/mol. The van der Waals surface area contributed by atoms with Crippen molar-refractivity contribution in [2.75, 3.05) is 26.2 Å². The Hall–Kier alpha value is -2.58. The van der Waals surface area contributed by atoms with Crippen LogP contribution >= 0.6 is 22.9 Å². The van der Waals surface area contributed by atoms with Gasteiger partial charge in [-0.3, -0.25) is 9.80 Å². The summed E-state index contributed by atoms with van der Waals surface area (Å²) in [4.78, 5) is 6.24. The van der Waals surface area contributed by atoms with E-state index in [-0.39, 0.29) is 6.04 Å². The topological polar surface area (TPSA) is 50.1 Å². The molecule has 0 N–H and O–H groups in total. The van der Waals surface area contributed by atoms with E-state index in [0.29, 0.717) is 6.54 Å². The summed E-state index contributed by atoms with van der Waals surface area (Å²) in [5.41, 5.74) is 2.52. The molecule has 1 fully saturated rings. The zero-order chi connectivity index (χ0) is 21.8. The Balaban J connectivity index is 1.37. The lowest BCUT2D eigenvalue weighted by atomic mass is 10.0. The first-order valence-electron chi connectivity index (χ1n) is 10.8. The molecular formula is C24H25ClN6S. The van der Waals surface area contributed by atoms with Crippen LogP contribution in [0.3, 0.4) is 0 Å². The lowest BCUT2D eigenvalue weighted by molar-refractivity contribution is 0.100. The number of rotatable bonds is 7. The number of hydrogen-bond acceptors (Lipinski definition) is 6. The van der Waals surface area contributed by atoms with E-state index >= 15 is 0 Å². The molecule has 4 aromatic rings. The van der Waals surface area contributed by atoms with Gasteiger partial charge in [-0.25, -0.2) is 4.68 Å². The number of tetrazole rings is 1. The molecule has 1 atom stereocenters. The van der Waals surface area contributed by atoms with Gasteiger partial charge in [0.2, 0.25) is 0 Å².